The van der Waals surface area contributed by atoms with E-state index < -0.39 is 0 Å². The van der Waals surface area contributed by atoms with Crippen LogP contribution in [-0.2, 0) is 9.31 Å². The third-order valence-corrected chi connectivity index (χ3v) is 5.37. The number of rotatable bonds is 5. The molecule has 1 fully saturated rings. The Labute approximate surface area is 137 Å². The first-order chi connectivity index (χ1) is 10.2. The molecular formula is C16H24BNO3S. The van der Waals surface area contributed by atoms with Crippen molar-refractivity contribution in [2.24, 2.45) is 0 Å². The van der Waals surface area contributed by atoms with E-state index in [1.807, 2.05) is 46.9 Å². The second-order valence-corrected chi connectivity index (χ2v) is 7.71. The van der Waals surface area contributed by atoms with Crippen LogP contribution in [0.25, 0.3) is 6.08 Å². The molecular weight excluding hydrogens is 297 g/mol. The first-order valence-electron chi connectivity index (χ1n) is 7.48. The molecule has 1 aromatic rings. The van der Waals surface area contributed by atoms with Crippen LogP contribution in [-0.4, -0.2) is 37.7 Å². The molecule has 6 heteroatoms. The van der Waals surface area contributed by atoms with Gasteiger partial charge in [-0.25, -0.2) is 0 Å². The summed E-state index contributed by atoms with van der Waals surface area (Å²) >= 11 is 1.49. The van der Waals surface area contributed by atoms with Gasteiger partial charge in [0.1, 0.15) is 0 Å². The lowest BCUT2D eigenvalue weighted by molar-refractivity contribution is 0.00578. The number of hydrogen-bond acceptors (Lipinski definition) is 5. The smallest absolute Gasteiger partial charge is 0.400 e. The normalized spacial score (nSPS) is 20.5. The van der Waals surface area contributed by atoms with E-state index in [0.717, 1.165) is 15.2 Å². The van der Waals surface area contributed by atoms with E-state index in [1.165, 1.54) is 11.3 Å². The van der Waals surface area contributed by atoms with Crippen LogP contribution in [0.5, 0.6) is 0 Å². The number of thiophene rings is 1. The second-order valence-electron chi connectivity index (χ2n) is 6.60. The fourth-order valence-corrected chi connectivity index (χ4v) is 3.08. The standard InChI is InChI=1S/C16H24BNO3S/c1-11(19)14-8-7-13(22-14)9-12(10-18-6)17-20-15(2,3)16(4,5)21-17/h7-9,18H,10H2,1-6H3. The fourth-order valence-electron chi connectivity index (χ4n) is 2.20. The van der Waals surface area contributed by atoms with E-state index in [0.29, 0.717) is 6.54 Å². The highest BCUT2D eigenvalue weighted by molar-refractivity contribution is 7.14. The van der Waals surface area contributed by atoms with Crippen molar-refractivity contribution in [3.63, 3.8) is 0 Å². The lowest BCUT2D eigenvalue weighted by atomic mass is 9.77. The molecule has 4 nitrogen and oxygen atoms in total. The molecule has 22 heavy (non-hydrogen) atoms. The first kappa shape index (κ1) is 17.4. The Morgan fingerprint density at radius 1 is 1.27 bits per heavy atom. The van der Waals surface area contributed by atoms with Gasteiger partial charge in [0.15, 0.2) is 5.78 Å². The van der Waals surface area contributed by atoms with E-state index in [1.54, 1.807) is 6.92 Å². The van der Waals surface area contributed by atoms with Gasteiger partial charge in [0.2, 0.25) is 0 Å². The number of carbonyl (C=O) groups excluding carboxylic acids is 1. The van der Waals surface area contributed by atoms with Crippen LogP contribution in [0.15, 0.2) is 17.6 Å². The summed E-state index contributed by atoms with van der Waals surface area (Å²) in [5.74, 6) is 0.0930. The van der Waals surface area contributed by atoms with E-state index in [9.17, 15) is 4.79 Å². The summed E-state index contributed by atoms with van der Waals surface area (Å²) < 4.78 is 12.2. The monoisotopic (exact) mass is 321 g/mol. The molecule has 1 saturated heterocycles. The molecule has 1 aliphatic rings. The van der Waals surface area contributed by atoms with Crippen LogP contribution in [0.2, 0.25) is 0 Å². The average molecular weight is 321 g/mol. The Bertz CT molecular complexity index is 576. The van der Waals surface area contributed by atoms with Crippen molar-refractivity contribution in [1.29, 1.82) is 0 Å². The molecule has 0 bridgehead atoms. The van der Waals surface area contributed by atoms with Crippen LogP contribution in [0, 0.1) is 0 Å². The zero-order chi connectivity index (χ0) is 16.5. The van der Waals surface area contributed by atoms with Crippen molar-refractivity contribution < 1.29 is 14.1 Å². The second kappa shape index (κ2) is 6.28. The van der Waals surface area contributed by atoms with Crippen molar-refractivity contribution in [3.05, 3.63) is 27.4 Å². The Hall–Kier alpha value is -0.945. The van der Waals surface area contributed by atoms with E-state index >= 15 is 0 Å². The molecule has 1 aliphatic heterocycles. The molecule has 0 radical (unpaired) electrons. The van der Waals surface area contributed by atoms with Gasteiger partial charge in [-0.15, -0.1) is 11.3 Å². The van der Waals surface area contributed by atoms with Crippen LogP contribution in [0.4, 0.5) is 0 Å². The summed E-state index contributed by atoms with van der Waals surface area (Å²) in [6.07, 6.45) is 2.05. The minimum Gasteiger partial charge on any atom is -0.400 e. The Kier molecular flexibility index (Phi) is 4.97. The average Bonchev–Trinajstić information content (AvgIpc) is 2.92. The summed E-state index contributed by atoms with van der Waals surface area (Å²) in [6.45, 7) is 10.4. The molecule has 0 spiro atoms. The predicted octanol–water partition coefficient (Wildman–Crippen LogP) is 3.18. The minimum absolute atomic E-state index is 0.0930. The molecule has 2 heterocycles. The Balaban J connectivity index is 2.26. The van der Waals surface area contributed by atoms with Crippen LogP contribution in [0.3, 0.4) is 0 Å². The maximum Gasteiger partial charge on any atom is 0.491 e. The van der Waals surface area contributed by atoms with Crippen molar-refractivity contribution >= 4 is 30.3 Å². The zero-order valence-electron chi connectivity index (χ0n) is 14.1. The van der Waals surface area contributed by atoms with Crippen LogP contribution >= 0.6 is 11.3 Å². The highest BCUT2D eigenvalue weighted by Gasteiger charge is 2.52. The van der Waals surface area contributed by atoms with Gasteiger partial charge < -0.3 is 14.6 Å². The molecule has 0 aliphatic carbocycles. The summed E-state index contributed by atoms with van der Waals surface area (Å²) in [7, 11) is 1.52. The van der Waals surface area contributed by atoms with Gasteiger partial charge in [0, 0.05) is 11.4 Å². The number of Topliss-reactive ketones (excluding diaryl/α,β-unsaturated/α-hetero) is 1. The van der Waals surface area contributed by atoms with Crippen molar-refractivity contribution in [2.45, 2.75) is 45.8 Å². The van der Waals surface area contributed by atoms with Crippen LogP contribution < -0.4 is 5.32 Å². The summed E-state index contributed by atoms with van der Waals surface area (Å²) in [6, 6.07) is 3.82. The molecule has 0 saturated carbocycles. The van der Waals surface area contributed by atoms with Gasteiger partial charge in [-0.05, 0) is 65.3 Å². The Morgan fingerprint density at radius 3 is 2.32 bits per heavy atom. The van der Waals surface area contributed by atoms with Gasteiger partial charge in [-0.2, -0.15) is 0 Å². The molecule has 0 unspecified atom stereocenters. The van der Waals surface area contributed by atoms with E-state index in [2.05, 4.69) is 11.4 Å². The topological polar surface area (TPSA) is 47.6 Å². The minimum atomic E-state index is -0.375. The highest BCUT2D eigenvalue weighted by atomic mass is 32.1. The van der Waals surface area contributed by atoms with Gasteiger partial charge in [0.05, 0.1) is 16.1 Å². The summed E-state index contributed by atoms with van der Waals surface area (Å²) in [5.41, 5.74) is 0.313. The molecule has 0 amide bonds. The first-order valence-corrected chi connectivity index (χ1v) is 8.29. The van der Waals surface area contributed by atoms with Crippen LogP contribution in [0.1, 0.15) is 49.2 Å². The number of likely N-dealkylation sites (N-methyl/N-ethyl adjacent to an activating group) is 1. The maximum atomic E-state index is 11.4. The number of carbonyl (C=O) groups is 1. The van der Waals surface area contributed by atoms with Gasteiger partial charge >= 0.3 is 7.12 Å². The Morgan fingerprint density at radius 2 is 1.86 bits per heavy atom. The van der Waals surface area contributed by atoms with Gasteiger partial charge in [-0.1, -0.05) is 0 Å². The lowest BCUT2D eigenvalue weighted by Gasteiger charge is -2.32. The van der Waals surface area contributed by atoms with Gasteiger partial charge in [0.25, 0.3) is 0 Å². The highest BCUT2D eigenvalue weighted by Crippen LogP contribution is 2.38. The summed E-state index contributed by atoms with van der Waals surface area (Å²) in [5, 5.41) is 3.16. The van der Waals surface area contributed by atoms with E-state index in [4.69, 9.17) is 9.31 Å². The number of nitrogens with one attached hydrogen (secondary N) is 1. The molecule has 1 N–H and O–H groups in total. The lowest BCUT2D eigenvalue weighted by Crippen LogP contribution is -2.41. The third-order valence-electron chi connectivity index (χ3n) is 4.24. The fraction of sp³-hybridized carbons (Fsp3) is 0.562. The van der Waals surface area contributed by atoms with Gasteiger partial charge in [-0.3, -0.25) is 4.79 Å². The predicted molar refractivity (Wildman–Crippen MR) is 92.3 cm³/mol. The molecule has 0 aromatic carbocycles. The third kappa shape index (κ3) is 3.51. The number of hydrogen-bond donors (Lipinski definition) is 1. The van der Waals surface area contributed by atoms with Crippen molar-refractivity contribution in [3.8, 4) is 0 Å². The number of ketones is 1. The molecule has 2 rings (SSSR count). The van der Waals surface area contributed by atoms with Crippen molar-refractivity contribution in [2.75, 3.05) is 13.6 Å². The molecule has 0 atom stereocenters. The molecule has 120 valence electrons. The largest absolute Gasteiger partial charge is 0.491 e. The van der Waals surface area contributed by atoms with Crippen molar-refractivity contribution in [1.82, 2.24) is 5.32 Å². The zero-order valence-corrected chi connectivity index (χ0v) is 15.0. The molecule has 1 aromatic heterocycles. The summed E-state index contributed by atoms with van der Waals surface area (Å²) in [4.78, 5) is 13.2. The quantitative estimate of drug-likeness (QED) is 0.668. The maximum absolute atomic E-state index is 11.4. The van der Waals surface area contributed by atoms with E-state index in [-0.39, 0.29) is 24.1 Å². The SMILES string of the molecule is CNCC(=Cc1ccc(C(C)=O)s1)B1OC(C)(C)C(C)(C)O1.